The van der Waals surface area contributed by atoms with Crippen molar-refractivity contribution in [3.63, 3.8) is 0 Å². The van der Waals surface area contributed by atoms with Crippen LogP contribution in [-0.2, 0) is 21.4 Å². The molecular weight excluding hydrogens is 372 g/mol. The topological polar surface area (TPSA) is 93.1 Å². The Hall–Kier alpha value is -2.49. The highest BCUT2D eigenvalue weighted by Crippen LogP contribution is 2.16. The van der Waals surface area contributed by atoms with Gasteiger partial charge in [-0.3, -0.25) is 9.48 Å². The minimum Gasteiger partial charge on any atom is -0.325 e. The van der Waals surface area contributed by atoms with E-state index in [1.165, 1.54) is 13.0 Å². The lowest BCUT2D eigenvalue weighted by atomic mass is 10.2. The van der Waals surface area contributed by atoms with Gasteiger partial charge in [-0.15, -0.1) is 11.3 Å². The number of amides is 1. The quantitative estimate of drug-likeness (QED) is 0.647. The van der Waals surface area contributed by atoms with Crippen molar-refractivity contribution in [1.82, 2.24) is 14.5 Å². The highest BCUT2D eigenvalue weighted by atomic mass is 32.2. The maximum absolute atomic E-state index is 12.3. The molecule has 0 bridgehead atoms. The molecule has 0 aliphatic heterocycles. The molecule has 26 heavy (non-hydrogen) atoms. The maximum atomic E-state index is 12.3. The number of carbonyl (C=O) groups is 1. The van der Waals surface area contributed by atoms with Crippen LogP contribution in [0.25, 0.3) is 0 Å². The Morgan fingerprint density at radius 2 is 2.00 bits per heavy atom. The maximum Gasteiger partial charge on any atom is 0.250 e. The minimum absolute atomic E-state index is 0.181. The third-order valence-electron chi connectivity index (χ3n) is 3.61. The molecule has 1 unspecified atom stereocenters. The second-order valence-electron chi connectivity index (χ2n) is 5.66. The highest BCUT2D eigenvalue weighted by molar-refractivity contribution is 7.91. The van der Waals surface area contributed by atoms with Crippen LogP contribution < -0.4 is 10.0 Å². The lowest BCUT2D eigenvalue weighted by molar-refractivity contribution is -0.117. The highest BCUT2D eigenvalue weighted by Gasteiger charge is 2.22. The molecule has 1 aromatic carbocycles. The number of aromatic nitrogens is 2. The Labute approximate surface area is 155 Å². The number of anilines is 1. The minimum atomic E-state index is -3.69. The van der Waals surface area contributed by atoms with E-state index in [4.69, 9.17) is 0 Å². The molecule has 3 rings (SSSR count). The van der Waals surface area contributed by atoms with Crippen molar-refractivity contribution in [2.45, 2.75) is 23.7 Å². The molecule has 0 fully saturated rings. The molecule has 0 aliphatic rings. The van der Waals surface area contributed by atoms with Crippen LogP contribution in [0.5, 0.6) is 0 Å². The summed E-state index contributed by atoms with van der Waals surface area (Å²) in [7, 11) is -3.69. The summed E-state index contributed by atoms with van der Waals surface area (Å²) in [5, 5.41) is 8.52. The largest absolute Gasteiger partial charge is 0.325 e. The third-order valence-corrected chi connectivity index (χ3v) is 6.55. The molecule has 0 aliphatic carbocycles. The fraction of sp³-hybridized carbons (Fsp3) is 0.176. The van der Waals surface area contributed by atoms with Gasteiger partial charge in [0.2, 0.25) is 5.91 Å². The zero-order valence-corrected chi connectivity index (χ0v) is 15.6. The van der Waals surface area contributed by atoms with Gasteiger partial charge in [0.15, 0.2) is 0 Å². The van der Waals surface area contributed by atoms with Gasteiger partial charge >= 0.3 is 0 Å². The number of thiophene rings is 1. The first-order valence-corrected chi connectivity index (χ1v) is 10.2. The Morgan fingerprint density at radius 1 is 1.23 bits per heavy atom. The first kappa shape index (κ1) is 18.3. The van der Waals surface area contributed by atoms with E-state index in [1.807, 2.05) is 24.4 Å². The predicted molar refractivity (Wildman–Crippen MR) is 101 cm³/mol. The van der Waals surface area contributed by atoms with Gasteiger partial charge < -0.3 is 5.32 Å². The van der Waals surface area contributed by atoms with Crippen LogP contribution in [0.15, 0.2) is 64.4 Å². The molecule has 9 heteroatoms. The van der Waals surface area contributed by atoms with Crippen molar-refractivity contribution >= 4 is 33.0 Å². The first-order valence-electron chi connectivity index (χ1n) is 7.87. The van der Waals surface area contributed by atoms with Gasteiger partial charge in [0.05, 0.1) is 12.6 Å². The summed E-state index contributed by atoms with van der Waals surface area (Å²) in [6.45, 7) is 2.14. The van der Waals surface area contributed by atoms with Crippen LogP contribution in [0, 0.1) is 0 Å². The number of hydrogen-bond acceptors (Lipinski definition) is 5. The summed E-state index contributed by atoms with van der Waals surface area (Å²) in [5.74, 6) is -0.426. The fourth-order valence-corrected chi connectivity index (χ4v) is 4.50. The van der Waals surface area contributed by atoms with Crippen LogP contribution in [-0.4, -0.2) is 30.1 Å². The summed E-state index contributed by atoms with van der Waals surface area (Å²) >= 11 is 1.10. The SMILES string of the molecule is CC(NS(=O)(=O)c1cccs1)C(=O)Nc1ccc(Cn2cccn2)cc1. The Kier molecular flexibility index (Phi) is 5.50. The Bertz CT molecular complexity index is 950. The van der Waals surface area contributed by atoms with E-state index in [1.54, 1.807) is 34.5 Å². The lowest BCUT2D eigenvalue weighted by Gasteiger charge is -2.14. The molecule has 1 atom stereocenters. The predicted octanol–water partition coefficient (Wildman–Crippen LogP) is 2.30. The average Bonchev–Trinajstić information content (AvgIpc) is 3.29. The number of carbonyl (C=O) groups excluding carboxylic acids is 1. The van der Waals surface area contributed by atoms with Crippen molar-refractivity contribution in [3.05, 3.63) is 65.8 Å². The molecule has 136 valence electrons. The summed E-state index contributed by atoms with van der Waals surface area (Å²) in [5.41, 5.74) is 1.64. The van der Waals surface area contributed by atoms with E-state index in [9.17, 15) is 13.2 Å². The van der Waals surface area contributed by atoms with Crippen LogP contribution in [0.3, 0.4) is 0 Å². The number of nitrogens with one attached hydrogen (secondary N) is 2. The van der Waals surface area contributed by atoms with Gasteiger partial charge in [-0.05, 0) is 42.1 Å². The molecule has 0 radical (unpaired) electrons. The van der Waals surface area contributed by atoms with Crippen LogP contribution in [0.2, 0.25) is 0 Å². The van der Waals surface area contributed by atoms with Crippen LogP contribution >= 0.6 is 11.3 Å². The molecular formula is C17H18N4O3S2. The van der Waals surface area contributed by atoms with Crippen molar-refractivity contribution in [3.8, 4) is 0 Å². The number of hydrogen-bond donors (Lipinski definition) is 2. The van der Waals surface area contributed by atoms with Gasteiger partial charge in [-0.2, -0.15) is 9.82 Å². The Morgan fingerprint density at radius 3 is 2.62 bits per heavy atom. The van der Waals surface area contributed by atoms with E-state index in [0.717, 1.165) is 16.9 Å². The molecule has 0 saturated heterocycles. The van der Waals surface area contributed by atoms with Crippen molar-refractivity contribution in [2.24, 2.45) is 0 Å². The van der Waals surface area contributed by atoms with Crippen molar-refractivity contribution in [1.29, 1.82) is 0 Å². The summed E-state index contributed by atoms with van der Waals surface area (Å²) in [6, 6.07) is 11.4. The molecule has 0 spiro atoms. The van der Waals surface area contributed by atoms with Crippen LogP contribution in [0.4, 0.5) is 5.69 Å². The summed E-state index contributed by atoms with van der Waals surface area (Å²) < 4.78 is 28.7. The van der Waals surface area contributed by atoms with Crippen molar-refractivity contribution < 1.29 is 13.2 Å². The van der Waals surface area contributed by atoms with Gasteiger partial charge in [0.1, 0.15) is 4.21 Å². The van der Waals surface area contributed by atoms with Gasteiger partial charge in [-0.1, -0.05) is 18.2 Å². The van der Waals surface area contributed by atoms with E-state index in [2.05, 4.69) is 15.1 Å². The standard InChI is InChI=1S/C17H18N4O3S2/c1-13(20-26(23,24)16-4-2-11-25-16)17(22)19-15-7-5-14(6-8-15)12-21-10-3-9-18-21/h2-11,13,20H,12H2,1H3,(H,19,22). The number of rotatable bonds is 7. The second kappa shape index (κ2) is 7.81. The van der Waals surface area contributed by atoms with E-state index >= 15 is 0 Å². The van der Waals surface area contributed by atoms with E-state index < -0.39 is 22.0 Å². The molecule has 0 saturated carbocycles. The second-order valence-corrected chi connectivity index (χ2v) is 8.55. The van der Waals surface area contributed by atoms with Gasteiger partial charge in [-0.25, -0.2) is 8.42 Å². The summed E-state index contributed by atoms with van der Waals surface area (Å²) in [4.78, 5) is 12.3. The molecule has 2 heterocycles. The zero-order chi connectivity index (χ0) is 18.6. The zero-order valence-electron chi connectivity index (χ0n) is 14.0. The lowest BCUT2D eigenvalue weighted by Crippen LogP contribution is -2.41. The molecule has 3 aromatic rings. The van der Waals surface area contributed by atoms with Crippen LogP contribution in [0.1, 0.15) is 12.5 Å². The molecule has 2 aromatic heterocycles. The molecule has 1 amide bonds. The first-order chi connectivity index (χ1) is 12.4. The van der Waals surface area contributed by atoms with Crippen molar-refractivity contribution in [2.75, 3.05) is 5.32 Å². The third kappa shape index (κ3) is 4.57. The number of benzene rings is 1. The molecule has 7 nitrogen and oxygen atoms in total. The van der Waals surface area contributed by atoms with E-state index in [-0.39, 0.29) is 4.21 Å². The van der Waals surface area contributed by atoms with Gasteiger partial charge in [0, 0.05) is 18.1 Å². The Balaban J connectivity index is 1.58. The molecule has 2 N–H and O–H groups in total. The monoisotopic (exact) mass is 390 g/mol. The normalized spacial score (nSPS) is 12.7. The number of nitrogens with zero attached hydrogens (tertiary/aromatic N) is 2. The van der Waals surface area contributed by atoms with E-state index in [0.29, 0.717) is 12.2 Å². The van der Waals surface area contributed by atoms with Gasteiger partial charge in [0.25, 0.3) is 10.0 Å². The number of sulfonamides is 1. The fourth-order valence-electron chi connectivity index (χ4n) is 2.29. The smallest absolute Gasteiger partial charge is 0.250 e. The average molecular weight is 390 g/mol. The summed E-state index contributed by atoms with van der Waals surface area (Å²) in [6.07, 6.45) is 3.59.